The van der Waals surface area contributed by atoms with E-state index in [1.54, 1.807) is 67.8 Å². The molecule has 0 atom stereocenters. The third-order valence-corrected chi connectivity index (χ3v) is 4.48. The third kappa shape index (κ3) is 3.65. The Morgan fingerprint density at radius 3 is 2.28 bits per heavy atom. The number of methoxy groups -OCH3 is 1. The number of halogens is 2. The Balaban J connectivity index is 1.82. The lowest BCUT2D eigenvalue weighted by atomic mass is 10.1. The standard InChI is InChI=1S/C23H16F2N2O2/c1-29-18-12-10-17(11-13-18)27-22(19-4-2-3-5-20(19)25)26-21(23(27)28)14-15-6-8-16(24)9-7-15/h2-14H,1H3/b21-14+. The summed E-state index contributed by atoms with van der Waals surface area (Å²) in [4.78, 5) is 18.9. The first-order valence-corrected chi connectivity index (χ1v) is 8.86. The number of rotatable bonds is 4. The van der Waals surface area contributed by atoms with Gasteiger partial charge in [-0.2, -0.15) is 0 Å². The number of ether oxygens (including phenoxy) is 1. The van der Waals surface area contributed by atoms with Gasteiger partial charge in [0, 0.05) is 0 Å². The molecule has 0 aliphatic carbocycles. The lowest BCUT2D eigenvalue weighted by molar-refractivity contribution is -0.113. The molecule has 1 heterocycles. The third-order valence-electron chi connectivity index (χ3n) is 4.48. The molecule has 6 heteroatoms. The lowest BCUT2D eigenvalue weighted by Gasteiger charge is -2.19. The van der Waals surface area contributed by atoms with Crippen LogP contribution in [0.4, 0.5) is 14.5 Å². The van der Waals surface area contributed by atoms with Crippen LogP contribution in [0.3, 0.4) is 0 Å². The first-order valence-electron chi connectivity index (χ1n) is 8.86. The van der Waals surface area contributed by atoms with Crippen LogP contribution in [0, 0.1) is 11.6 Å². The fraction of sp³-hybridized carbons (Fsp3) is 0.0435. The van der Waals surface area contributed by atoms with Gasteiger partial charge in [0.2, 0.25) is 0 Å². The van der Waals surface area contributed by atoms with E-state index in [4.69, 9.17) is 4.74 Å². The van der Waals surface area contributed by atoms with E-state index in [1.807, 2.05) is 0 Å². The van der Waals surface area contributed by atoms with Gasteiger partial charge in [0.15, 0.2) is 5.84 Å². The molecule has 4 nitrogen and oxygen atoms in total. The van der Waals surface area contributed by atoms with Gasteiger partial charge >= 0.3 is 0 Å². The summed E-state index contributed by atoms with van der Waals surface area (Å²) >= 11 is 0. The minimum Gasteiger partial charge on any atom is -0.497 e. The topological polar surface area (TPSA) is 41.9 Å². The summed E-state index contributed by atoms with van der Waals surface area (Å²) < 4.78 is 32.8. The molecule has 1 aliphatic rings. The van der Waals surface area contributed by atoms with Gasteiger partial charge < -0.3 is 4.74 Å². The van der Waals surface area contributed by atoms with Crippen LogP contribution in [0.2, 0.25) is 0 Å². The van der Waals surface area contributed by atoms with E-state index in [9.17, 15) is 13.6 Å². The molecule has 0 unspecified atom stereocenters. The van der Waals surface area contributed by atoms with Gasteiger partial charge in [0.1, 0.15) is 23.1 Å². The zero-order valence-electron chi connectivity index (χ0n) is 15.5. The average molecular weight is 390 g/mol. The second-order valence-corrected chi connectivity index (χ2v) is 6.33. The van der Waals surface area contributed by atoms with Crippen molar-refractivity contribution in [2.75, 3.05) is 12.0 Å². The summed E-state index contributed by atoms with van der Waals surface area (Å²) in [6, 6.07) is 18.7. The highest BCUT2D eigenvalue weighted by molar-refractivity contribution is 6.33. The molecular formula is C23H16F2N2O2. The molecule has 0 saturated carbocycles. The molecule has 3 aromatic rings. The number of carbonyl (C=O) groups is 1. The molecular weight excluding hydrogens is 374 g/mol. The van der Waals surface area contributed by atoms with E-state index in [1.165, 1.54) is 23.1 Å². The minimum atomic E-state index is -0.486. The summed E-state index contributed by atoms with van der Waals surface area (Å²) in [5.74, 6) is -0.447. The Labute approximate surface area is 166 Å². The van der Waals surface area contributed by atoms with Gasteiger partial charge in [-0.15, -0.1) is 0 Å². The fourth-order valence-corrected chi connectivity index (χ4v) is 3.03. The molecule has 0 saturated heterocycles. The van der Waals surface area contributed by atoms with Crippen LogP contribution in [-0.4, -0.2) is 18.9 Å². The van der Waals surface area contributed by atoms with Crippen molar-refractivity contribution >= 4 is 23.5 Å². The number of benzene rings is 3. The number of anilines is 1. The molecule has 0 bridgehead atoms. The molecule has 3 aromatic carbocycles. The van der Waals surface area contributed by atoms with Crippen molar-refractivity contribution in [1.82, 2.24) is 0 Å². The molecule has 0 spiro atoms. The van der Waals surface area contributed by atoms with Gasteiger partial charge in [-0.3, -0.25) is 9.69 Å². The maximum atomic E-state index is 14.5. The zero-order valence-corrected chi connectivity index (χ0v) is 15.5. The maximum absolute atomic E-state index is 14.5. The van der Waals surface area contributed by atoms with Crippen LogP contribution in [-0.2, 0) is 4.79 Å². The van der Waals surface area contributed by atoms with E-state index in [-0.39, 0.29) is 22.9 Å². The van der Waals surface area contributed by atoms with E-state index in [0.717, 1.165) is 0 Å². The van der Waals surface area contributed by atoms with Crippen LogP contribution in [0.15, 0.2) is 83.5 Å². The maximum Gasteiger partial charge on any atom is 0.282 e. The molecule has 4 rings (SSSR count). The second kappa shape index (κ2) is 7.67. The molecule has 1 aliphatic heterocycles. The Bertz CT molecular complexity index is 1120. The van der Waals surface area contributed by atoms with E-state index < -0.39 is 11.7 Å². The van der Waals surface area contributed by atoms with Crippen molar-refractivity contribution in [1.29, 1.82) is 0 Å². The van der Waals surface area contributed by atoms with Crippen LogP contribution in [0.1, 0.15) is 11.1 Å². The lowest BCUT2D eigenvalue weighted by Crippen LogP contribution is -2.33. The number of carbonyl (C=O) groups excluding carboxylic acids is 1. The summed E-state index contributed by atoms with van der Waals surface area (Å²) in [5, 5.41) is 0. The smallest absolute Gasteiger partial charge is 0.282 e. The number of amides is 1. The van der Waals surface area contributed by atoms with Crippen molar-refractivity contribution in [2.24, 2.45) is 4.99 Å². The van der Waals surface area contributed by atoms with E-state index >= 15 is 0 Å². The van der Waals surface area contributed by atoms with Crippen molar-refractivity contribution in [3.63, 3.8) is 0 Å². The minimum absolute atomic E-state index is 0.130. The highest BCUT2D eigenvalue weighted by Gasteiger charge is 2.33. The second-order valence-electron chi connectivity index (χ2n) is 6.33. The first kappa shape index (κ1) is 18.6. The van der Waals surface area contributed by atoms with Crippen LogP contribution < -0.4 is 9.64 Å². The average Bonchev–Trinajstić information content (AvgIpc) is 3.06. The number of aliphatic imine (C=N–C) groups is 1. The summed E-state index contributed by atoms with van der Waals surface area (Å²) in [6.07, 6.45) is 1.55. The Hall–Kier alpha value is -3.80. The van der Waals surface area contributed by atoms with E-state index in [0.29, 0.717) is 17.0 Å². The van der Waals surface area contributed by atoms with Crippen molar-refractivity contribution in [3.05, 3.63) is 101 Å². The summed E-state index contributed by atoms with van der Waals surface area (Å²) in [5.41, 5.74) is 1.48. The highest BCUT2D eigenvalue weighted by atomic mass is 19.1. The Kier molecular flexibility index (Phi) is 4.91. The van der Waals surface area contributed by atoms with Crippen molar-refractivity contribution in [3.8, 4) is 5.75 Å². The fourth-order valence-electron chi connectivity index (χ4n) is 3.03. The number of nitrogens with zero attached hydrogens (tertiary/aromatic N) is 2. The highest BCUT2D eigenvalue weighted by Crippen LogP contribution is 2.30. The van der Waals surface area contributed by atoms with Gasteiger partial charge in [-0.1, -0.05) is 24.3 Å². The number of amidine groups is 1. The normalized spacial score (nSPS) is 15.0. The van der Waals surface area contributed by atoms with Gasteiger partial charge in [-0.25, -0.2) is 13.8 Å². The Morgan fingerprint density at radius 2 is 1.62 bits per heavy atom. The zero-order chi connectivity index (χ0) is 20.4. The predicted octanol–water partition coefficient (Wildman–Crippen LogP) is 4.81. The molecule has 0 radical (unpaired) electrons. The van der Waals surface area contributed by atoms with E-state index in [2.05, 4.69) is 4.99 Å². The first-order chi connectivity index (χ1) is 14.1. The number of hydrogen-bond acceptors (Lipinski definition) is 3. The SMILES string of the molecule is COc1ccc(N2C(=O)/C(=C\c3ccc(F)cc3)N=C2c2ccccc2F)cc1. The van der Waals surface area contributed by atoms with Crippen LogP contribution in [0.5, 0.6) is 5.75 Å². The predicted molar refractivity (Wildman–Crippen MR) is 108 cm³/mol. The molecule has 0 N–H and O–H groups in total. The van der Waals surface area contributed by atoms with Crippen LogP contribution >= 0.6 is 0 Å². The Morgan fingerprint density at radius 1 is 0.931 bits per heavy atom. The molecule has 1 amide bonds. The van der Waals surface area contributed by atoms with Gasteiger partial charge in [0.05, 0.1) is 18.4 Å². The van der Waals surface area contributed by atoms with Gasteiger partial charge in [-0.05, 0) is 60.2 Å². The summed E-state index contributed by atoms with van der Waals surface area (Å²) in [6.45, 7) is 0. The van der Waals surface area contributed by atoms with Gasteiger partial charge in [0.25, 0.3) is 5.91 Å². The van der Waals surface area contributed by atoms with Crippen molar-refractivity contribution < 1.29 is 18.3 Å². The molecule has 0 fully saturated rings. The molecule has 29 heavy (non-hydrogen) atoms. The quantitative estimate of drug-likeness (QED) is 0.600. The monoisotopic (exact) mass is 390 g/mol. The number of hydrogen-bond donors (Lipinski definition) is 0. The van der Waals surface area contributed by atoms with Crippen LogP contribution in [0.25, 0.3) is 6.08 Å². The molecule has 0 aromatic heterocycles. The largest absolute Gasteiger partial charge is 0.497 e. The molecule has 144 valence electrons. The van der Waals surface area contributed by atoms with Crippen molar-refractivity contribution in [2.45, 2.75) is 0 Å². The summed E-state index contributed by atoms with van der Waals surface area (Å²) in [7, 11) is 1.55.